The minimum Gasteiger partial charge on any atom is -0.392 e. The van der Waals surface area contributed by atoms with Crippen LogP contribution in [0.3, 0.4) is 0 Å². The van der Waals surface area contributed by atoms with E-state index in [4.69, 9.17) is 0 Å². The van der Waals surface area contributed by atoms with E-state index in [1.54, 1.807) is 13.8 Å². The van der Waals surface area contributed by atoms with Gasteiger partial charge in [0.25, 0.3) is 0 Å². The zero-order valence-corrected chi connectivity index (χ0v) is 8.44. The lowest BCUT2D eigenvalue weighted by molar-refractivity contribution is -0.171. The van der Waals surface area contributed by atoms with Crippen molar-refractivity contribution < 1.29 is 18.3 Å². The smallest absolute Gasteiger partial charge is 0.389 e. The first-order valence-corrected chi connectivity index (χ1v) is 4.31. The largest absolute Gasteiger partial charge is 0.392 e. The van der Waals surface area contributed by atoms with E-state index in [9.17, 15) is 18.3 Å². The van der Waals surface area contributed by atoms with E-state index in [-0.39, 0.29) is 5.92 Å². The maximum absolute atomic E-state index is 12.1. The van der Waals surface area contributed by atoms with E-state index < -0.39 is 24.1 Å². The predicted octanol–water partition coefficient (Wildman–Crippen LogP) is 2.98. The van der Waals surface area contributed by atoms with Gasteiger partial charge in [0, 0.05) is 0 Å². The molecular weight excluding hydrogens is 181 g/mol. The Hall–Kier alpha value is -0.250. The molecule has 1 N–H and O–H groups in total. The standard InChI is InChI=1S/C9H17F3O/c1-6(2)7(13)8(3,4)5-9(10,11)12/h6-7,13H,5H2,1-4H3. The summed E-state index contributed by atoms with van der Waals surface area (Å²) in [7, 11) is 0. The highest BCUT2D eigenvalue weighted by atomic mass is 19.4. The molecule has 0 bridgehead atoms. The van der Waals surface area contributed by atoms with Gasteiger partial charge in [-0.05, 0) is 11.3 Å². The van der Waals surface area contributed by atoms with Gasteiger partial charge in [-0.25, -0.2) is 0 Å². The number of hydrogen-bond donors (Lipinski definition) is 1. The van der Waals surface area contributed by atoms with Crippen molar-refractivity contribution in [3.05, 3.63) is 0 Å². The SMILES string of the molecule is CC(C)C(O)C(C)(C)CC(F)(F)F. The Morgan fingerprint density at radius 2 is 1.54 bits per heavy atom. The number of rotatable bonds is 3. The Balaban J connectivity index is 4.39. The molecule has 0 amide bonds. The van der Waals surface area contributed by atoms with Crippen LogP contribution in [0, 0.1) is 11.3 Å². The van der Waals surface area contributed by atoms with E-state index in [2.05, 4.69) is 0 Å². The van der Waals surface area contributed by atoms with Crippen LogP contribution in [-0.2, 0) is 0 Å². The Morgan fingerprint density at radius 1 is 1.15 bits per heavy atom. The number of aliphatic hydroxyl groups excluding tert-OH is 1. The minimum atomic E-state index is -4.21. The molecule has 0 aromatic heterocycles. The van der Waals surface area contributed by atoms with Crippen molar-refractivity contribution in [2.45, 2.75) is 46.4 Å². The molecule has 13 heavy (non-hydrogen) atoms. The molecule has 0 spiro atoms. The molecule has 80 valence electrons. The Kier molecular flexibility index (Phi) is 3.79. The van der Waals surface area contributed by atoms with Crippen LogP contribution >= 0.6 is 0 Å². The normalized spacial score (nSPS) is 16.4. The molecule has 0 aliphatic carbocycles. The third-order valence-electron chi connectivity index (χ3n) is 2.09. The van der Waals surface area contributed by atoms with Crippen molar-refractivity contribution >= 4 is 0 Å². The second-order valence-corrected chi connectivity index (χ2v) is 4.47. The first kappa shape index (κ1) is 12.8. The number of halogens is 3. The molecule has 0 aromatic rings. The van der Waals surface area contributed by atoms with Gasteiger partial charge in [-0.15, -0.1) is 0 Å². The molecule has 0 heterocycles. The minimum absolute atomic E-state index is 0.155. The predicted molar refractivity (Wildman–Crippen MR) is 45.3 cm³/mol. The highest BCUT2D eigenvalue weighted by molar-refractivity contribution is 4.82. The van der Waals surface area contributed by atoms with Crippen LogP contribution in [-0.4, -0.2) is 17.4 Å². The van der Waals surface area contributed by atoms with Crippen molar-refractivity contribution in [1.29, 1.82) is 0 Å². The van der Waals surface area contributed by atoms with Gasteiger partial charge in [0.2, 0.25) is 0 Å². The number of alkyl halides is 3. The molecule has 4 heteroatoms. The van der Waals surface area contributed by atoms with Gasteiger partial charge >= 0.3 is 6.18 Å². The van der Waals surface area contributed by atoms with Crippen LogP contribution in [0.25, 0.3) is 0 Å². The summed E-state index contributed by atoms with van der Waals surface area (Å²) >= 11 is 0. The fraction of sp³-hybridized carbons (Fsp3) is 1.00. The zero-order chi connectivity index (χ0) is 10.9. The lowest BCUT2D eigenvalue weighted by atomic mass is 9.78. The van der Waals surface area contributed by atoms with E-state index in [1.807, 2.05) is 0 Å². The topological polar surface area (TPSA) is 20.2 Å². The van der Waals surface area contributed by atoms with Crippen LogP contribution in [0.4, 0.5) is 13.2 Å². The van der Waals surface area contributed by atoms with Crippen molar-refractivity contribution in [1.82, 2.24) is 0 Å². The molecule has 1 atom stereocenters. The van der Waals surface area contributed by atoms with Crippen molar-refractivity contribution in [2.75, 3.05) is 0 Å². The lowest BCUT2D eigenvalue weighted by Crippen LogP contribution is -2.37. The van der Waals surface area contributed by atoms with E-state index in [0.717, 1.165) is 0 Å². The van der Waals surface area contributed by atoms with E-state index in [0.29, 0.717) is 0 Å². The first-order chi connectivity index (χ1) is 5.56. The van der Waals surface area contributed by atoms with Crippen molar-refractivity contribution in [3.8, 4) is 0 Å². The summed E-state index contributed by atoms with van der Waals surface area (Å²) in [5.41, 5.74) is -1.10. The molecule has 0 aromatic carbocycles. The molecular formula is C9H17F3O. The monoisotopic (exact) mass is 198 g/mol. The average Bonchev–Trinajstić information content (AvgIpc) is 1.80. The molecule has 0 saturated carbocycles. The second-order valence-electron chi connectivity index (χ2n) is 4.47. The Bertz CT molecular complexity index is 161. The number of aliphatic hydroxyl groups is 1. The van der Waals surface area contributed by atoms with Crippen LogP contribution in [0.15, 0.2) is 0 Å². The summed E-state index contributed by atoms with van der Waals surface area (Å²) in [5.74, 6) is -0.155. The van der Waals surface area contributed by atoms with E-state index >= 15 is 0 Å². The zero-order valence-electron chi connectivity index (χ0n) is 8.44. The maximum atomic E-state index is 12.1. The van der Waals surface area contributed by atoms with Crippen molar-refractivity contribution in [3.63, 3.8) is 0 Å². The molecule has 1 unspecified atom stereocenters. The van der Waals surface area contributed by atoms with Gasteiger partial charge in [-0.3, -0.25) is 0 Å². The second kappa shape index (κ2) is 3.86. The van der Waals surface area contributed by atoms with Gasteiger partial charge < -0.3 is 5.11 Å². The van der Waals surface area contributed by atoms with E-state index in [1.165, 1.54) is 13.8 Å². The van der Waals surface area contributed by atoms with Crippen LogP contribution in [0.2, 0.25) is 0 Å². The summed E-state index contributed by atoms with van der Waals surface area (Å²) < 4.78 is 36.2. The molecule has 0 fully saturated rings. The van der Waals surface area contributed by atoms with Crippen LogP contribution in [0.1, 0.15) is 34.1 Å². The summed E-state index contributed by atoms with van der Waals surface area (Å²) in [6, 6.07) is 0. The summed E-state index contributed by atoms with van der Waals surface area (Å²) in [5, 5.41) is 9.52. The van der Waals surface area contributed by atoms with Crippen molar-refractivity contribution in [2.24, 2.45) is 11.3 Å². The summed E-state index contributed by atoms with van der Waals surface area (Å²) in [6.45, 7) is 6.29. The quantitative estimate of drug-likeness (QED) is 0.739. The Labute approximate surface area is 76.9 Å². The molecule has 0 radical (unpaired) electrons. The van der Waals surface area contributed by atoms with Gasteiger partial charge in [-0.2, -0.15) is 13.2 Å². The average molecular weight is 198 g/mol. The first-order valence-electron chi connectivity index (χ1n) is 4.31. The van der Waals surface area contributed by atoms with Gasteiger partial charge in [0.05, 0.1) is 12.5 Å². The van der Waals surface area contributed by atoms with Gasteiger partial charge in [-0.1, -0.05) is 27.7 Å². The molecule has 0 rings (SSSR count). The fourth-order valence-electron chi connectivity index (χ4n) is 1.52. The third kappa shape index (κ3) is 4.50. The van der Waals surface area contributed by atoms with Crippen LogP contribution in [0.5, 0.6) is 0 Å². The van der Waals surface area contributed by atoms with Gasteiger partial charge in [0.1, 0.15) is 0 Å². The molecule has 0 saturated heterocycles. The molecule has 0 aliphatic heterocycles. The third-order valence-corrected chi connectivity index (χ3v) is 2.09. The highest BCUT2D eigenvalue weighted by Gasteiger charge is 2.41. The Morgan fingerprint density at radius 3 is 1.77 bits per heavy atom. The number of hydrogen-bond acceptors (Lipinski definition) is 1. The molecule has 0 aliphatic rings. The van der Waals surface area contributed by atoms with Gasteiger partial charge in [0.15, 0.2) is 0 Å². The highest BCUT2D eigenvalue weighted by Crippen LogP contribution is 2.37. The molecule has 1 nitrogen and oxygen atoms in total. The summed E-state index contributed by atoms with van der Waals surface area (Å²) in [4.78, 5) is 0. The summed E-state index contributed by atoms with van der Waals surface area (Å²) in [6.07, 6.45) is -6.08. The lowest BCUT2D eigenvalue weighted by Gasteiger charge is -2.33. The maximum Gasteiger partial charge on any atom is 0.389 e. The fourth-order valence-corrected chi connectivity index (χ4v) is 1.52. The van der Waals surface area contributed by atoms with Crippen LogP contribution < -0.4 is 0 Å².